The zero-order valence-corrected chi connectivity index (χ0v) is 18.5. The summed E-state index contributed by atoms with van der Waals surface area (Å²) in [6.07, 6.45) is 0. The predicted octanol–water partition coefficient (Wildman–Crippen LogP) is 4.05. The van der Waals surface area contributed by atoms with Crippen LogP contribution in [0.2, 0.25) is 0 Å². The van der Waals surface area contributed by atoms with Crippen LogP contribution >= 0.6 is 12.2 Å². The van der Waals surface area contributed by atoms with Gasteiger partial charge in [0.2, 0.25) is 5.82 Å². The lowest BCUT2D eigenvalue weighted by molar-refractivity contribution is 0.183. The molecule has 0 radical (unpaired) electrons. The Kier molecular flexibility index (Phi) is 6.29. The van der Waals surface area contributed by atoms with Gasteiger partial charge in [-0.1, -0.05) is 47.6 Å². The molecular weight excluding hydrogens is 412 g/mol. The Hall–Kier alpha value is -3.23. The summed E-state index contributed by atoms with van der Waals surface area (Å²) >= 11 is 5.65. The van der Waals surface area contributed by atoms with Crippen molar-refractivity contribution in [2.75, 3.05) is 27.4 Å². The Bertz CT molecular complexity index is 1100. The van der Waals surface area contributed by atoms with Crippen molar-refractivity contribution in [3.8, 4) is 17.1 Å². The molecule has 1 N–H and O–H groups in total. The SMILES string of the molecule is COCCN1C(=S)NC(c2ccccc2)C(c2nc(-c3cccc(OC)c3)no2)=C1C. The summed E-state index contributed by atoms with van der Waals surface area (Å²) in [4.78, 5) is 6.72. The molecule has 0 fully saturated rings. The van der Waals surface area contributed by atoms with Gasteiger partial charge < -0.3 is 24.2 Å². The van der Waals surface area contributed by atoms with Gasteiger partial charge in [-0.25, -0.2) is 0 Å². The Morgan fingerprint density at radius 1 is 1.13 bits per heavy atom. The first-order valence-corrected chi connectivity index (χ1v) is 10.3. The number of hydrogen-bond acceptors (Lipinski definition) is 6. The van der Waals surface area contributed by atoms with Crippen molar-refractivity contribution in [3.05, 3.63) is 71.7 Å². The molecule has 4 rings (SSSR count). The summed E-state index contributed by atoms with van der Waals surface area (Å²) in [6, 6.07) is 17.5. The first-order chi connectivity index (χ1) is 15.1. The van der Waals surface area contributed by atoms with Crippen LogP contribution in [-0.4, -0.2) is 47.5 Å². The number of aromatic nitrogens is 2. The van der Waals surface area contributed by atoms with Crippen LogP contribution in [0.15, 0.2) is 64.8 Å². The van der Waals surface area contributed by atoms with E-state index in [-0.39, 0.29) is 6.04 Å². The largest absolute Gasteiger partial charge is 0.497 e. The van der Waals surface area contributed by atoms with Crippen LogP contribution < -0.4 is 10.1 Å². The molecular formula is C23H24N4O3S. The standard InChI is InChI=1S/C23H24N4O3S/c1-15-19(22-25-21(26-30-22)17-10-7-11-18(14-17)29-3)20(16-8-5-4-6-9-16)24-23(31)27(15)12-13-28-2/h4-11,14,20H,12-13H2,1-3H3,(H,24,31). The van der Waals surface area contributed by atoms with Crippen molar-refractivity contribution in [1.29, 1.82) is 0 Å². The van der Waals surface area contributed by atoms with Crippen LogP contribution in [0.5, 0.6) is 5.75 Å². The summed E-state index contributed by atoms with van der Waals surface area (Å²) in [5.74, 6) is 1.68. The van der Waals surface area contributed by atoms with Crippen molar-refractivity contribution in [3.63, 3.8) is 0 Å². The highest BCUT2D eigenvalue weighted by atomic mass is 32.1. The third-order valence-corrected chi connectivity index (χ3v) is 5.57. The lowest BCUT2D eigenvalue weighted by Gasteiger charge is -2.37. The zero-order valence-electron chi connectivity index (χ0n) is 17.7. The van der Waals surface area contributed by atoms with Crippen molar-refractivity contribution in [2.24, 2.45) is 0 Å². The molecule has 1 atom stereocenters. The number of rotatable bonds is 7. The highest BCUT2D eigenvalue weighted by Crippen LogP contribution is 2.37. The Morgan fingerprint density at radius 2 is 1.94 bits per heavy atom. The van der Waals surface area contributed by atoms with Gasteiger partial charge in [-0.15, -0.1) is 0 Å². The normalized spacial score (nSPS) is 16.4. The number of nitrogens with one attached hydrogen (secondary N) is 1. The monoisotopic (exact) mass is 436 g/mol. The molecule has 0 aliphatic carbocycles. The maximum Gasteiger partial charge on any atom is 0.258 e. The van der Waals surface area contributed by atoms with Crippen LogP contribution in [0.1, 0.15) is 24.4 Å². The van der Waals surface area contributed by atoms with E-state index in [1.54, 1.807) is 14.2 Å². The van der Waals surface area contributed by atoms with Gasteiger partial charge >= 0.3 is 0 Å². The van der Waals surface area contributed by atoms with Crippen LogP contribution in [0.25, 0.3) is 17.0 Å². The number of benzene rings is 2. The van der Waals surface area contributed by atoms with Crippen molar-refractivity contribution >= 4 is 22.9 Å². The maximum atomic E-state index is 5.74. The molecule has 160 valence electrons. The van der Waals surface area contributed by atoms with Crippen molar-refractivity contribution in [2.45, 2.75) is 13.0 Å². The maximum absolute atomic E-state index is 5.74. The second-order valence-corrected chi connectivity index (χ2v) is 7.48. The van der Waals surface area contributed by atoms with Crippen LogP contribution in [0.3, 0.4) is 0 Å². The van der Waals surface area contributed by atoms with Crippen molar-refractivity contribution in [1.82, 2.24) is 20.4 Å². The van der Waals surface area contributed by atoms with Crippen LogP contribution in [0, 0.1) is 0 Å². The van der Waals surface area contributed by atoms with E-state index >= 15 is 0 Å². The first-order valence-electron chi connectivity index (χ1n) is 9.93. The molecule has 1 unspecified atom stereocenters. The zero-order chi connectivity index (χ0) is 21.8. The van der Waals surface area contributed by atoms with Crippen molar-refractivity contribution < 1.29 is 14.0 Å². The molecule has 0 saturated heterocycles. The molecule has 7 nitrogen and oxygen atoms in total. The molecule has 1 aromatic heterocycles. The van der Waals surface area contributed by atoms with E-state index in [4.69, 9.17) is 31.2 Å². The molecule has 0 spiro atoms. The molecule has 0 saturated carbocycles. The summed E-state index contributed by atoms with van der Waals surface area (Å²) < 4.78 is 16.3. The number of methoxy groups -OCH3 is 2. The minimum absolute atomic E-state index is 0.203. The molecule has 2 heterocycles. The number of nitrogens with zero attached hydrogens (tertiary/aromatic N) is 3. The van der Waals surface area contributed by atoms with E-state index in [1.807, 2.05) is 54.3 Å². The van der Waals surface area contributed by atoms with Gasteiger partial charge in [-0.3, -0.25) is 0 Å². The average molecular weight is 437 g/mol. The molecule has 31 heavy (non-hydrogen) atoms. The fraction of sp³-hybridized carbons (Fsp3) is 0.261. The number of ether oxygens (including phenoxy) is 2. The summed E-state index contributed by atoms with van der Waals surface area (Å²) in [5, 5.41) is 8.30. The van der Waals surface area contributed by atoms with Gasteiger partial charge in [-0.2, -0.15) is 4.98 Å². The summed E-state index contributed by atoms with van der Waals surface area (Å²) in [6.45, 7) is 3.18. The Morgan fingerprint density at radius 3 is 2.68 bits per heavy atom. The van der Waals surface area contributed by atoms with Gasteiger partial charge in [0.15, 0.2) is 5.11 Å². The predicted molar refractivity (Wildman–Crippen MR) is 122 cm³/mol. The fourth-order valence-electron chi connectivity index (χ4n) is 3.62. The van der Waals surface area contributed by atoms with Gasteiger partial charge in [0, 0.05) is 24.9 Å². The van der Waals surface area contributed by atoms with Gasteiger partial charge in [0.05, 0.1) is 25.3 Å². The smallest absolute Gasteiger partial charge is 0.258 e. The molecule has 0 amide bonds. The third kappa shape index (κ3) is 4.30. The van der Waals surface area contributed by atoms with E-state index in [2.05, 4.69) is 22.6 Å². The summed E-state index contributed by atoms with van der Waals surface area (Å²) in [5.41, 5.74) is 3.72. The third-order valence-electron chi connectivity index (χ3n) is 5.23. The van der Waals surface area contributed by atoms with Gasteiger partial charge in [0.25, 0.3) is 5.89 Å². The quantitative estimate of drug-likeness (QED) is 0.556. The number of hydrogen-bond donors (Lipinski definition) is 1. The molecule has 1 aliphatic heterocycles. The van der Waals surface area contributed by atoms with Crippen LogP contribution in [0.4, 0.5) is 0 Å². The minimum Gasteiger partial charge on any atom is -0.497 e. The highest BCUT2D eigenvalue weighted by molar-refractivity contribution is 7.80. The topological polar surface area (TPSA) is 72.7 Å². The average Bonchev–Trinajstić information content (AvgIpc) is 3.29. The second-order valence-electron chi connectivity index (χ2n) is 7.09. The summed E-state index contributed by atoms with van der Waals surface area (Å²) in [7, 11) is 3.30. The molecule has 2 aromatic carbocycles. The van der Waals surface area contributed by atoms with E-state index in [0.717, 1.165) is 28.1 Å². The molecule has 3 aromatic rings. The van der Waals surface area contributed by atoms with E-state index in [9.17, 15) is 0 Å². The van der Waals surface area contributed by atoms with Gasteiger partial charge in [0.1, 0.15) is 5.75 Å². The Labute approximate surface area is 186 Å². The lowest BCUT2D eigenvalue weighted by Crippen LogP contribution is -2.47. The van der Waals surface area contributed by atoms with E-state index in [1.165, 1.54) is 0 Å². The fourth-order valence-corrected chi connectivity index (χ4v) is 3.96. The first kappa shape index (κ1) is 21.0. The lowest BCUT2D eigenvalue weighted by atomic mass is 9.95. The number of thiocarbonyl (C=S) groups is 1. The minimum atomic E-state index is -0.203. The number of allylic oxidation sites excluding steroid dienone is 1. The molecule has 0 bridgehead atoms. The molecule has 1 aliphatic rings. The van der Waals surface area contributed by atoms with E-state index < -0.39 is 0 Å². The second kappa shape index (κ2) is 9.28. The van der Waals surface area contributed by atoms with Crippen LogP contribution in [-0.2, 0) is 4.74 Å². The highest BCUT2D eigenvalue weighted by Gasteiger charge is 2.33. The van der Waals surface area contributed by atoms with Gasteiger partial charge in [-0.05, 0) is 36.8 Å². The van der Waals surface area contributed by atoms with E-state index in [0.29, 0.717) is 30.0 Å². The Balaban J connectivity index is 1.78. The molecule has 8 heteroatoms.